The molecule has 1 aliphatic carbocycles. The maximum Gasteiger partial charge on any atom is 0.313 e. The summed E-state index contributed by atoms with van der Waals surface area (Å²) < 4.78 is 7.21. The van der Waals surface area contributed by atoms with Crippen LogP contribution in [0.3, 0.4) is 0 Å². The molecule has 1 saturated carbocycles. The fraction of sp³-hybridized carbons (Fsp3) is 0.538. The molecule has 2 aromatic heterocycles. The van der Waals surface area contributed by atoms with Crippen molar-refractivity contribution in [2.24, 2.45) is 5.92 Å². The van der Waals surface area contributed by atoms with E-state index in [1.807, 2.05) is 4.57 Å². The summed E-state index contributed by atoms with van der Waals surface area (Å²) in [6.45, 7) is 0.818. The van der Waals surface area contributed by atoms with Gasteiger partial charge in [-0.15, -0.1) is 0 Å². The van der Waals surface area contributed by atoms with Crippen LogP contribution in [0.4, 0.5) is 0 Å². The summed E-state index contributed by atoms with van der Waals surface area (Å²) in [6, 6.07) is 0. The molecular weight excluding hydrogens is 292 g/mol. The largest absolute Gasteiger partial charge is 0.481 e. The lowest BCUT2D eigenvalue weighted by Gasteiger charge is -2.26. The van der Waals surface area contributed by atoms with Gasteiger partial charge in [0.05, 0.1) is 12.9 Å². The molecule has 0 unspecified atom stereocenters. The highest BCUT2D eigenvalue weighted by atomic mass is 32.2. The number of aromatic nitrogens is 4. The van der Waals surface area contributed by atoms with E-state index in [2.05, 4.69) is 15.0 Å². The molecule has 0 bridgehead atoms. The van der Waals surface area contributed by atoms with Crippen LogP contribution in [-0.2, 0) is 11.3 Å². The monoisotopic (exact) mass is 308 g/mol. The highest BCUT2D eigenvalue weighted by Crippen LogP contribution is 2.33. The number of hydrogen-bond acceptors (Lipinski definition) is 6. The van der Waals surface area contributed by atoms with E-state index in [4.69, 9.17) is 9.84 Å². The summed E-state index contributed by atoms with van der Waals surface area (Å²) in [5.74, 6) is 0.154. The van der Waals surface area contributed by atoms with E-state index in [-0.39, 0.29) is 5.75 Å². The molecule has 0 spiro atoms. The normalized spacial score (nSPS) is 15.1. The minimum absolute atomic E-state index is 0.0241. The Kier molecular flexibility index (Phi) is 3.96. The first kappa shape index (κ1) is 14.1. The second-order valence-electron chi connectivity index (χ2n) is 5.04. The zero-order chi connectivity index (χ0) is 14.8. The minimum atomic E-state index is -0.861. The number of thioether (sulfide) groups is 1. The molecule has 0 saturated heterocycles. The maximum absolute atomic E-state index is 10.8. The molecular formula is C13H16N4O3S. The average Bonchev–Trinajstić information content (AvgIpc) is 2.78. The van der Waals surface area contributed by atoms with E-state index in [1.54, 1.807) is 0 Å². The molecule has 3 rings (SSSR count). The van der Waals surface area contributed by atoms with Crippen LogP contribution in [-0.4, -0.2) is 43.5 Å². The van der Waals surface area contributed by atoms with Gasteiger partial charge in [-0.1, -0.05) is 18.2 Å². The van der Waals surface area contributed by atoms with Crippen LogP contribution in [0.15, 0.2) is 11.5 Å². The number of nitrogens with zero attached hydrogens (tertiary/aromatic N) is 4. The third-order valence-electron chi connectivity index (χ3n) is 3.65. The van der Waals surface area contributed by atoms with Crippen molar-refractivity contribution in [1.29, 1.82) is 0 Å². The van der Waals surface area contributed by atoms with Crippen LogP contribution >= 0.6 is 11.8 Å². The van der Waals surface area contributed by atoms with E-state index in [1.165, 1.54) is 44.5 Å². The summed E-state index contributed by atoms with van der Waals surface area (Å²) in [5.41, 5.74) is 1.30. The number of hydrogen-bond donors (Lipinski definition) is 1. The molecule has 0 aliphatic heterocycles. The van der Waals surface area contributed by atoms with Crippen molar-refractivity contribution in [3.63, 3.8) is 0 Å². The van der Waals surface area contributed by atoms with Crippen molar-refractivity contribution in [1.82, 2.24) is 19.5 Å². The first-order valence-corrected chi connectivity index (χ1v) is 7.77. The van der Waals surface area contributed by atoms with Crippen molar-refractivity contribution in [3.05, 3.63) is 6.33 Å². The predicted octanol–water partition coefficient (Wildman–Crippen LogP) is 1.81. The smallest absolute Gasteiger partial charge is 0.313 e. The van der Waals surface area contributed by atoms with Gasteiger partial charge in [-0.25, -0.2) is 9.97 Å². The average molecular weight is 308 g/mol. The lowest BCUT2D eigenvalue weighted by atomic mass is 9.85. The summed E-state index contributed by atoms with van der Waals surface area (Å²) in [5, 5.41) is 9.53. The lowest BCUT2D eigenvalue weighted by Crippen LogP contribution is -2.19. The summed E-state index contributed by atoms with van der Waals surface area (Å²) in [4.78, 5) is 23.6. The highest BCUT2D eigenvalue weighted by Gasteiger charge is 2.23. The Morgan fingerprint density at radius 3 is 2.95 bits per heavy atom. The Morgan fingerprint density at radius 2 is 2.33 bits per heavy atom. The molecule has 7 nitrogen and oxygen atoms in total. The fourth-order valence-electron chi connectivity index (χ4n) is 2.38. The standard InChI is InChI=1S/C13H16N4O3S/c1-20-12-10-11(14-7-15-12)17(5-8-3-2-4-8)13(16-10)21-6-9(18)19/h7-8H,2-6H2,1H3,(H,18,19). The number of imidazole rings is 1. The van der Waals surface area contributed by atoms with Crippen molar-refractivity contribution in [3.8, 4) is 5.88 Å². The third-order valence-corrected chi connectivity index (χ3v) is 4.61. The number of rotatable bonds is 6. The number of methoxy groups -OCH3 is 1. The van der Waals surface area contributed by atoms with Crippen molar-refractivity contribution < 1.29 is 14.6 Å². The SMILES string of the molecule is COc1ncnc2c1nc(SCC(=O)O)n2CC1CCC1. The second-order valence-corrected chi connectivity index (χ2v) is 5.98. The van der Waals surface area contributed by atoms with Crippen LogP contribution in [0.2, 0.25) is 0 Å². The van der Waals surface area contributed by atoms with Crippen LogP contribution in [0.25, 0.3) is 11.2 Å². The van der Waals surface area contributed by atoms with E-state index in [9.17, 15) is 4.79 Å². The van der Waals surface area contributed by atoms with E-state index < -0.39 is 5.97 Å². The molecule has 1 aliphatic rings. The van der Waals surface area contributed by atoms with Crippen LogP contribution in [0.1, 0.15) is 19.3 Å². The molecule has 0 radical (unpaired) electrons. The summed E-state index contributed by atoms with van der Waals surface area (Å²) in [6.07, 6.45) is 5.11. The topological polar surface area (TPSA) is 90.1 Å². The van der Waals surface area contributed by atoms with E-state index in [0.29, 0.717) is 28.1 Å². The van der Waals surface area contributed by atoms with Gasteiger partial charge in [0.15, 0.2) is 16.3 Å². The molecule has 21 heavy (non-hydrogen) atoms. The van der Waals surface area contributed by atoms with Gasteiger partial charge in [0.25, 0.3) is 0 Å². The molecule has 2 heterocycles. The lowest BCUT2D eigenvalue weighted by molar-refractivity contribution is -0.133. The van der Waals surface area contributed by atoms with Gasteiger partial charge in [-0.3, -0.25) is 4.79 Å². The van der Waals surface area contributed by atoms with Gasteiger partial charge < -0.3 is 14.4 Å². The highest BCUT2D eigenvalue weighted by molar-refractivity contribution is 7.99. The maximum atomic E-state index is 10.8. The van der Waals surface area contributed by atoms with Gasteiger partial charge in [0, 0.05) is 6.54 Å². The number of carboxylic acids is 1. The number of fused-ring (bicyclic) bond motifs is 1. The fourth-order valence-corrected chi connectivity index (χ4v) is 3.11. The van der Waals surface area contributed by atoms with Gasteiger partial charge in [-0.05, 0) is 18.8 Å². The van der Waals surface area contributed by atoms with Gasteiger partial charge in [0.1, 0.15) is 6.33 Å². The van der Waals surface area contributed by atoms with E-state index >= 15 is 0 Å². The molecule has 2 aromatic rings. The number of aliphatic carboxylic acids is 1. The first-order chi connectivity index (χ1) is 10.2. The zero-order valence-electron chi connectivity index (χ0n) is 11.7. The Bertz CT molecular complexity index is 669. The molecule has 8 heteroatoms. The van der Waals surface area contributed by atoms with E-state index in [0.717, 1.165) is 6.54 Å². The first-order valence-electron chi connectivity index (χ1n) is 6.79. The minimum Gasteiger partial charge on any atom is -0.481 e. The molecule has 1 N–H and O–H groups in total. The molecule has 0 atom stereocenters. The number of ether oxygens (including phenoxy) is 1. The number of carbonyl (C=O) groups is 1. The Balaban J connectivity index is 2.00. The quantitative estimate of drug-likeness (QED) is 0.814. The Morgan fingerprint density at radius 1 is 1.52 bits per heavy atom. The molecule has 0 aromatic carbocycles. The Labute approximate surface area is 125 Å². The summed E-state index contributed by atoms with van der Waals surface area (Å²) in [7, 11) is 1.54. The molecule has 0 amide bonds. The van der Waals surface area contributed by atoms with Crippen molar-refractivity contribution >= 4 is 28.9 Å². The molecule has 1 fully saturated rings. The van der Waals surface area contributed by atoms with Crippen LogP contribution in [0.5, 0.6) is 5.88 Å². The predicted molar refractivity (Wildman–Crippen MR) is 77.6 cm³/mol. The van der Waals surface area contributed by atoms with Crippen LogP contribution in [0, 0.1) is 5.92 Å². The third kappa shape index (κ3) is 2.80. The van der Waals surface area contributed by atoms with Gasteiger partial charge >= 0.3 is 5.97 Å². The van der Waals surface area contributed by atoms with Crippen LogP contribution < -0.4 is 4.74 Å². The van der Waals surface area contributed by atoms with Crippen molar-refractivity contribution in [2.75, 3.05) is 12.9 Å². The zero-order valence-corrected chi connectivity index (χ0v) is 12.5. The molecule has 112 valence electrons. The Hall–Kier alpha value is -1.83. The number of carboxylic acid groups (broad SMARTS) is 1. The summed E-state index contributed by atoms with van der Waals surface area (Å²) >= 11 is 1.21. The van der Waals surface area contributed by atoms with Gasteiger partial charge in [0.2, 0.25) is 5.88 Å². The second kappa shape index (κ2) is 5.88. The van der Waals surface area contributed by atoms with Gasteiger partial charge in [-0.2, -0.15) is 4.98 Å². The van der Waals surface area contributed by atoms with Crippen molar-refractivity contribution in [2.45, 2.75) is 31.0 Å².